The van der Waals surface area contributed by atoms with Crippen LogP contribution in [0.25, 0.3) is 0 Å². The van der Waals surface area contributed by atoms with Crippen molar-refractivity contribution in [2.75, 3.05) is 0 Å². The molecule has 5 heteroatoms. The molecule has 2 nitrogen and oxygen atoms in total. The van der Waals surface area contributed by atoms with Crippen molar-refractivity contribution < 1.29 is 4.39 Å². The van der Waals surface area contributed by atoms with E-state index in [1.54, 1.807) is 12.1 Å². The van der Waals surface area contributed by atoms with Gasteiger partial charge in [-0.2, -0.15) is 0 Å². The summed E-state index contributed by atoms with van der Waals surface area (Å²) in [7, 11) is 0. The molecule has 1 fully saturated rings. The maximum absolute atomic E-state index is 14.4. The van der Waals surface area contributed by atoms with Crippen LogP contribution in [0.4, 0.5) is 4.39 Å². The van der Waals surface area contributed by atoms with Crippen LogP contribution in [0.5, 0.6) is 0 Å². The second-order valence-electron chi connectivity index (χ2n) is 5.58. The molecule has 1 aliphatic carbocycles. The lowest BCUT2D eigenvalue weighted by Gasteiger charge is -2.40. The summed E-state index contributed by atoms with van der Waals surface area (Å²) in [6.07, 6.45) is 5.68. The Morgan fingerprint density at radius 2 is 2.00 bits per heavy atom. The van der Waals surface area contributed by atoms with Gasteiger partial charge in [0.2, 0.25) is 0 Å². The van der Waals surface area contributed by atoms with Crippen molar-refractivity contribution in [3.63, 3.8) is 0 Å². The third kappa shape index (κ3) is 2.97. The Labute approximate surface area is 127 Å². The molecule has 0 saturated heterocycles. The molecule has 0 aromatic heterocycles. The first-order valence-corrected chi connectivity index (χ1v) is 7.76. The van der Waals surface area contributed by atoms with Gasteiger partial charge < -0.3 is 0 Å². The van der Waals surface area contributed by atoms with Crippen LogP contribution >= 0.6 is 27.5 Å². The Bertz CT molecular complexity index is 461. The summed E-state index contributed by atoms with van der Waals surface area (Å²) < 4.78 is 14.9. The standard InChI is InChI=1S/C14H19BrClFN2/c1-14(7-3-2-4-8-14)13(19-18)9-5-6-10(15)11(16)12(9)17/h5-6,13,19H,2-4,7-8,18H2,1H3. The van der Waals surface area contributed by atoms with Crippen molar-refractivity contribution in [3.8, 4) is 0 Å². The maximum Gasteiger partial charge on any atom is 0.147 e. The van der Waals surface area contributed by atoms with Crippen molar-refractivity contribution in [1.29, 1.82) is 0 Å². The van der Waals surface area contributed by atoms with Gasteiger partial charge in [0.25, 0.3) is 0 Å². The highest BCUT2D eigenvalue weighted by Gasteiger charge is 2.37. The fourth-order valence-corrected chi connectivity index (χ4v) is 3.56. The summed E-state index contributed by atoms with van der Waals surface area (Å²) in [5, 5.41) is 0.122. The third-order valence-corrected chi connectivity index (χ3v) is 5.49. The normalized spacial score (nSPS) is 20.3. The molecule has 1 saturated carbocycles. The first-order valence-electron chi connectivity index (χ1n) is 6.59. The van der Waals surface area contributed by atoms with Crippen LogP contribution in [0.3, 0.4) is 0 Å². The SMILES string of the molecule is CC1(C(NN)c2ccc(Br)c(Cl)c2F)CCCCC1. The Morgan fingerprint density at radius 1 is 1.37 bits per heavy atom. The van der Waals surface area contributed by atoms with Crippen LogP contribution in [0, 0.1) is 11.2 Å². The largest absolute Gasteiger partial charge is 0.271 e. The number of hydrogen-bond acceptors (Lipinski definition) is 2. The van der Waals surface area contributed by atoms with Crippen LogP contribution < -0.4 is 11.3 Å². The molecule has 2 rings (SSSR count). The number of nitrogens with two attached hydrogens (primary N) is 1. The van der Waals surface area contributed by atoms with Gasteiger partial charge in [-0.1, -0.05) is 43.9 Å². The van der Waals surface area contributed by atoms with Gasteiger partial charge in [0.1, 0.15) is 5.82 Å². The monoisotopic (exact) mass is 348 g/mol. The van der Waals surface area contributed by atoms with E-state index < -0.39 is 0 Å². The van der Waals surface area contributed by atoms with Crippen molar-refractivity contribution in [3.05, 3.63) is 33.0 Å². The summed E-state index contributed by atoms with van der Waals surface area (Å²) >= 11 is 9.21. The molecule has 3 N–H and O–H groups in total. The average Bonchev–Trinajstić information content (AvgIpc) is 2.40. The zero-order valence-corrected chi connectivity index (χ0v) is 13.3. The topological polar surface area (TPSA) is 38.0 Å². The Kier molecular flexibility index (Phi) is 4.88. The fraction of sp³-hybridized carbons (Fsp3) is 0.571. The summed E-state index contributed by atoms with van der Waals surface area (Å²) in [5.41, 5.74) is 3.33. The minimum absolute atomic E-state index is 0.0228. The van der Waals surface area contributed by atoms with E-state index >= 15 is 0 Å². The lowest BCUT2D eigenvalue weighted by Crippen LogP contribution is -2.41. The van der Waals surface area contributed by atoms with E-state index in [4.69, 9.17) is 17.4 Å². The van der Waals surface area contributed by atoms with Crippen LogP contribution in [0.2, 0.25) is 5.02 Å². The van der Waals surface area contributed by atoms with E-state index in [0.717, 1.165) is 12.8 Å². The molecule has 0 radical (unpaired) electrons. The molecule has 1 aromatic carbocycles. The van der Waals surface area contributed by atoms with E-state index in [0.29, 0.717) is 10.0 Å². The fourth-order valence-electron chi connectivity index (χ4n) is 3.08. The number of benzene rings is 1. The van der Waals surface area contributed by atoms with E-state index in [-0.39, 0.29) is 22.3 Å². The molecule has 0 aliphatic heterocycles. The molecule has 0 amide bonds. The van der Waals surface area contributed by atoms with Gasteiger partial charge in [-0.25, -0.2) is 4.39 Å². The summed E-state index contributed by atoms with van der Waals surface area (Å²) in [4.78, 5) is 0. The second kappa shape index (κ2) is 6.08. The number of hydrazine groups is 1. The van der Waals surface area contributed by atoms with Gasteiger partial charge in [-0.15, -0.1) is 0 Å². The molecule has 1 unspecified atom stereocenters. The van der Waals surface area contributed by atoms with Crippen molar-refractivity contribution in [2.24, 2.45) is 11.3 Å². The van der Waals surface area contributed by atoms with E-state index in [2.05, 4.69) is 28.3 Å². The van der Waals surface area contributed by atoms with Crippen LogP contribution in [0.1, 0.15) is 50.6 Å². The molecule has 0 spiro atoms. The predicted octanol–water partition coefficient (Wildman–Crippen LogP) is 4.72. The van der Waals surface area contributed by atoms with Crippen LogP contribution in [-0.2, 0) is 0 Å². The number of halogens is 3. The van der Waals surface area contributed by atoms with Gasteiger partial charge in [-0.05, 0) is 40.3 Å². The predicted molar refractivity (Wildman–Crippen MR) is 80.4 cm³/mol. The maximum atomic E-state index is 14.4. The third-order valence-electron chi connectivity index (χ3n) is 4.24. The summed E-state index contributed by atoms with van der Waals surface area (Å²) in [6, 6.07) is 3.32. The Balaban J connectivity index is 2.39. The molecular weight excluding hydrogens is 331 g/mol. The van der Waals surface area contributed by atoms with Crippen molar-refractivity contribution in [2.45, 2.75) is 45.1 Å². The minimum atomic E-state index is -0.384. The molecule has 1 atom stereocenters. The highest BCUT2D eigenvalue weighted by atomic mass is 79.9. The quantitative estimate of drug-likeness (QED) is 0.471. The number of hydrogen-bond donors (Lipinski definition) is 2. The van der Waals surface area contributed by atoms with Gasteiger partial charge in [-0.3, -0.25) is 11.3 Å². The first-order chi connectivity index (χ1) is 8.99. The van der Waals surface area contributed by atoms with Crippen LogP contribution in [0.15, 0.2) is 16.6 Å². The van der Waals surface area contributed by atoms with E-state index in [9.17, 15) is 4.39 Å². The van der Waals surface area contributed by atoms with Gasteiger partial charge >= 0.3 is 0 Å². The van der Waals surface area contributed by atoms with Crippen LogP contribution in [-0.4, -0.2) is 0 Å². The summed E-state index contributed by atoms with van der Waals surface area (Å²) in [6.45, 7) is 2.17. The van der Waals surface area contributed by atoms with Crippen molar-refractivity contribution >= 4 is 27.5 Å². The molecule has 1 aliphatic rings. The molecule has 0 bridgehead atoms. The smallest absolute Gasteiger partial charge is 0.147 e. The molecular formula is C14H19BrClFN2. The minimum Gasteiger partial charge on any atom is -0.271 e. The lowest BCUT2D eigenvalue weighted by atomic mass is 9.69. The lowest BCUT2D eigenvalue weighted by molar-refractivity contribution is 0.142. The second-order valence-corrected chi connectivity index (χ2v) is 6.81. The Hall–Kier alpha value is -0.160. The Morgan fingerprint density at radius 3 is 2.58 bits per heavy atom. The van der Waals surface area contributed by atoms with Crippen molar-refractivity contribution in [1.82, 2.24) is 5.43 Å². The van der Waals surface area contributed by atoms with E-state index in [1.807, 2.05) is 0 Å². The molecule has 1 aromatic rings. The molecule has 106 valence electrons. The first kappa shape index (κ1) is 15.2. The molecule has 19 heavy (non-hydrogen) atoms. The average molecular weight is 350 g/mol. The molecule has 0 heterocycles. The number of nitrogens with one attached hydrogen (secondary N) is 1. The van der Waals surface area contributed by atoms with Gasteiger partial charge in [0, 0.05) is 10.0 Å². The summed E-state index contributed by atoms with van der Waals surface area (Å²) in [5.74, 6) is 5.32. The number of rotatable bonds is 3. The zero-order chi connectivity index (χ0) is 14.0. The zero-order valence-electron chi connectivity index (χ0n) is 11.0. The van der Waals surface area contributed by atoms with Gasteiger partial charge in [0.15, 0.2) is 0 Å². The van der Waals surface area contributed by atoms with E-state index in [1.165, 1.54) is 19.3 Å². The van der Waals surface area contributed by atoms with Gasteiger partial charge in [0.05, 0.1) is 11.1 Å². The highest BCUT2D eigenvalue weighted by molar-refractivity contribution is 9.10. The highest BCUT2D eigenvalue weighted by Crippen LogP contribution is 2.46.